The van der Waals surface area contributed by atoms with Crippen LogP contribution in [0.2, 0.25) is 0 Å². The summed E-state index contributed by atoms with van der Waals surface area (Å²) >= 11 is 0. The highest BCUT2D eigenvalue weighted by Crippen LogP contribution is 2.31. The number of anilines is 3. The molecule has 1 atom stereocenters. The van der Waals surface area contributed by atoms with Gasteiger partial charge in [-0.05, 0) is 61.9 Å². The highest BCUT2D eigenvalue weighted by molar-refractivity contribution is 7.89. The first kappa shape index (κ1) is 30.9. The molecule has 1 aliphatic rings. The van der Waals surface area contributed by atoms with Gasteiger partial charge in [-0.1, -0.05) is 30.3 Å². The van der Waals surface area contributed by atoms with Crippen LogP contribution in [0, 0.1) is 0 Å². The van der Waals surface area contributed by atoms with E-state index in [1.165, 1.54) is 6.07 Å². The summed E-state index contributed by atoms with van der Waals surface area (Å²) in [6.45, 7) is 6.35. The average molecular weight is 595 g/mol. The van der Waals surface area contributed by atoms with Crippen molar-refractivity contribution in [2.75, 3.05) is 55.0 Å². The highest BCUT2D eigenvalue weighted by Gasteiger charge is 2.27. The number of sulfonamides is 1. The molecule has 1 saturated heterocycles. The Kier molecular flexibility index (Phi) is 10.4. The maximum Gasteiger partial charge on any atom is 0.306 e. The summed E-state index contributed by atoms with van der Waals surface area (Å²) in [4.78, 5) is 28.6. The Morgan fingerprint density at radius 3 is 2.21 bits per heavy atom. The monoisotopic (exact) mass is 594 g/mol. The van der Waals surface area contributed by atoms with E-state index < -0.39 is 27.9 Å². The fourth-order valence-electron chi connectivity index (χ4n) is 4.85. The Hall–Kier alpha value is -4.09. The van der Waals surface area contributed by atoms with Gasteiger partial charge in [-0.15, -0.1) is 0 Å². The van der Waals surface area contributed by atoms with Gasteiger partial charge in [-0.25, -0.2) is 13.1 Å². The number of methoxy groups -OCH3 is 1. The zero-order valence-electron chi connectivity index (χ0n) is 24.2. The number of rotatable bonds is 12. The quantitative estimate of drug-likeness (QED) is 0.298. The number of benzene rings is 3. The van der Waals surface area contributed by atoms with Crippen LogP contribution in [0.25, 0.3) is 0 Å². The predicted molar refractivity (Wildman–Crippen MR) is 164 cm³/mol. The van der Waals surface area contributed by atoms with E-state index in [0.29, 0.717) is 37.6 Å². The second-order valence-electron chi connectivity index (χ2n) is 9.96. The van der Waals surface area contributed by atoms with E-state index in [2.05, 4.69) is 14.9 Å². The highest BCUT2D eigenvalue weighted by atomic mass is 32.2. The molecule has 0 unspecified atom stereocenters. The molecule has 1 amide bonds. The molecule has 0 aromatic heterocycles. The molecule has 3 aromatic rings. The van der Waals surface area contributed by atoms with Crippen LogP contribution in [-0.2, 0) is 24.3 Å². The SMILES string of the molecule is CCOC(=O)CCC(=O)Nc1ccc(N2CCN(c3ccc(OC)cc3)CC2)c(S(=O)(=O)N[C@@H](C)c2ccccc2)c1. The van der Waals surface area contributed by atoms with E-state index in [9.17, 15) is 18.0 Å². The van der Waals surface area contributed by atoms with Crippen molar-refractivity contribution in [2.45, 2.75) is 37.6 Å². The van der Waals surface area contributed by atoms with E-state index in [1.807, 2.05) is 59.5 Å². The van der Waals surface area contributed by atoms with Gasteiger partial charge in [0, 0.05) is 50.0 Å². The van der Waals surface area contributed by atoms with Gasteiger partial charge >= 0.3 is 5.97 Å². The molecular weight excluding hydrogens is 556 g/mol. The van der Waals surface area contributed by atoms with Crippen molar-refractivity contribution in [1.29, 1.82) is 0 Å². The van der Waals surface area contributed by atoms with Crippen molar-refractivity contribution >= 4 is 39.0 Å². The number of amides is 1. The lowest BCUT2D eigenvalue weighted by Gasteiger charge is -2.38. The fourth-order valence-corrected chi connectivity index (χ4v) is 6.33. The topological polar surface area (TPSA) is 117 Å². The minimum absolute atomic E-state index is 0.0580. The maximum absolute atomic E-state index is 13.8. The average Bonchev–Trinajstić information content (AvgIpc) is 3.00. The van der Waals surface area contributed by atoms with Crippen molar-refractivity contribution in [3.05, 3.63) is 78.4 Å². The lowest BCUT2D eigenvalue weighted by molar-refractivity contribution is -0.144. The van der Waals surface area contributed by atoms with E-state index in [-0.39, 0.29) is 24.3 Å². The van der Waals surface area contributed by atoms with Crippen molar-refractivity contribution < 1.29 is 27.5 Å². The zero-order chi connectivity index (χ0) is 30.1. The van der Waals surface area contributed by atoms with E-state index in [0.717, 1.165) is 17.0 Å². The second kappa shape index (κ2) is 14.2. The number of esters is 1. The normalized spacial score (nSPS) is 14.3. The van der Waals surface area contributed by atoms with Crippen LogP contribution in [0.15, 0.2) is 77.7 Å². The molecule has 3 aromatic carbocycles. The molecule has 10 nitrogen and oxygen atoms in total. The van der Waals surface area contributed by atoms with Gasteiger partial charge in [0.25, 0.3) is 0 Å². The lowest BCUT2D eigenvalue weighted by Crippen LogP contribution is -2.47. The Balaban J connectivity index is 1.55. The summed E-state index contributed by atoms with van der Waals surface area (Å²) in [5.74, 6) is -0.0745. The van der Waals surface area contributed by atoms with Gasteiger partial charge in [-0.3, -0.25) is 9.59 Å². The number of hydrogen-bond donors (Lipinski definition) is 2. The number of carbonyl (C=O) groups excluding carboxylic acids is 2. The molecule has 0 saturated carbocycles. The molecule has 0 bridgehead atoms. The summed E-state index contributed by atoms with van der Waals surface area (Å²) in [5, 5.41) is 2.73. The molecule has 1 fully saturated rings. The van der Waals surface area contributed by atoms with Crippen LogP contribution in [0.1, 0.15) is 38.3 Å². The van der Waals surface area contributed by atoms with Crippen LogP contribution in [0.4, 0.5) is 17.1 Å². The van der Waals surface area contributed by atoms with E-state index in [4.69, 9.17) is 9.47 Å². The molecule has 1 aliphatic heterocycles. The summed E-state index contributed by atoms with van der Waals surface area (Å²) in [7, 11) is -2.36. The van der Waals surface area contributed by atoms with E-state index >= 15 is 0 Å². The first-order valence-electron chi connectivity index (χ1n) is 14.0. The molecule has 224 valence electrons. The summed E-state index contributed by atoms with van der Waals surface area (Å²) < 4.78 is 40.6. The molecule has 4 rings (SSSR count). The van der Waals surface area contributed by atoms with Gasteiger partial charge in [0.1, 0.15) is 10.6 Å². The van der Waals surface area contributed by atoms with Crippen LogP contribution < -0.4 is 24.6 Å². The molecule has 11 heteroatoms. The number of nitrogens with zero attached hydrogens (tertiary/aromatic N) is 2. The third-order valence-corrected chi connectivity index (χ3v) is 8.65. The van der Waals surface area contributed by atoms with Gasteiger partial charge < -0.3 is 24.6 Å². The van der Waals surface area contributed by atoms with Gasteiger partial charge in [0.2, 0.25) is 15.9 Å². The van der Waals surface area contributed by atoms with Crippen LogP contribution in [0.5, 0.6) is 5.75 Å². The number of nitrogens with one attached hydrogen (secondary N) is 2. The third kappa shape index (κ3) is 8.01. The Morgan fingerprint density at radius 1 is 0.905 bits per heavy atom. The smallest absolute Gasteiger partial charge is 0.306 e. The Labute approximate surface area is 247 Å². The van der Waals surface area contributed by atoms with Gasteiger partial charge in [0.15, 0.2) is 0 Å². The molecule has 2 N–H and O–H groups in total. The Bertz CT molecular complexity index is 1460. The largest absolute Gasteiger partial charge is 0.497 e. The summed E-state index contributed by atoms with van der Waals surface area (Å²) in [6.07, 6.45) is -0.128. The maximum atomic E-state index is 13.8. The molecule has 1 heterocycles. The van der Waals surface area contributed by atoms with Crippen molar-refractivity contribution in [1.82, 2.24) is 4.72 Å². The first-order valence-corrected chi connectivity index (χ1v) is 15.5. The minimum atomic E-state index is -4.00. The predicted octanol–water partition coefficient (Wildman–Crippen LogP) is 4.34. The fraction of sp³-hybridized carbons (Fsp3) is 0.355. The van der Waals surface area contributed by atoms with E-state index in [1.54, 1.807) is 33.1 Å². The van der Waals surface area contributed by atoms with Crippen molar-refractivity contribution in [2.24, 2.45) is 0 Å². The second-order valence-corrected chi connectivity index (χ2v) is 11.6. The number of ether oxygens (including phenoxy) is 2. The Morgan fingerprint density at radius 2 is 1.57 bits per heavy atom. The summed E-state index contributed by atoms with van der Waals surface area (Å²) in [5.41, 5.74) is 2.79. The number of hydrogen-bond acceptors (Lipinski definition) is 8. The van der Waals surface area contributed by atoms with Crippen molar-refractivity contribution in [3.8, 4) is 5.75 Å². The summed E-state index contributed by atoms with van der Waals surface area (Å²) in [6, 6.07) is 21.6. The number of carbonyl (C=O) groups is 2. The molecular formula is C31H38N4O6S. The van der Waals surface area contributed by atoms with Crippen molar-refractivity contribution in [3.63, 3.8) is 0 Å². The first-order chi connectivity index (χ1) is 20.2. The van der Waals surface area contributed by atoms with Crippen LogP contribution in [0.3, 0.4) is 0 Å². The zero-order valence-corrected chi connectivity index (χ0v) is 25.0. The number of piperazine rings is 1. The van der Waals surface area contributed by atoms with Gasteiger partial charge in [-0.2, -0.15) is 0 Å². The third-order valence-electron chi connectivity index (χ3n) is 7.08. The van der Waals surface area contributed by atoms with Crippen LogP contribution >= 0.6 is 0 Å². The standard InChI is InChI=1S/C31H38N4O6S/c1-4-41-31(37)17-16-30(36)32-25-10-15-28(29(22-25)42(38,39)33-23(2)24-8-6-5-7-9-24)35-20-18-34(19-21-35)26-11-13-27(40-3)14-12-26/h5-15,22-23,33H,4,16-21H2,1-3H3,(H,32,36)/t23-/m0/s1. The lowest BCUT2D eigenvalue weighted by atomic mass is 10.1. The molecule has 42 heavy (non-hydrogen) atoms. The minimum Gasteiger partial charge on any atom is -0.497 e. The van der Waals surface area contributed by atoms with Crippen LogP contribution in [-0.4, -0.2) is 60.2 Å². The molecule has 0 spiro atoms. The van der Waals surface area contributed by atoms with Gasteiger partial charge in [0.05, 0.1) is 25.8 Å². The molecule has 0 aliphatic carbocycles. The molecule has 0 radical (unpaired) electrons.